The van der Waals surface area contributed by atoms with Gasteiger partial charge >= 0.3 is 0 Å². The minimum absolute atomic E-state index is 0.0862. The zero-order valence-corrected chi connectivity index (χ0v) is 25.5. The van der Waals surface area contributed by atoms with E-state index in [0.29, 0.717) is 0 Å². The van der Waals surface area contributed by atoms with Crippen LogP contribution in [-0.4, -0.2) is 32.5 Å². The van der Waals surface area contributed by atoms with Crippen LogP contribution >= 0.6 is 0 Å². The van der Waals surface area contributed by atoms with Gasteiger partial charge in [0.25, 0.3) is 11.1 Å². The van der Waals surface area contributed by atoms with E-state index >= 15 is 0 Å². The van der Waals surface area contributed by atoms with Gasteiger partial charge in [-0.2, -0.15) is 0 Å². The third kappa shape index (κ3) is 4.30. The Hall–Kier alpha value is -2.90. The highest BCUT2D eigenvalue weighted by Crippen LogP contribution is 2.54. The average molecular weight is 529 g/mol. The molecule has 210 valence electrons. The first-order valence-electron chi connectivity index (χ1n) is 13.0. The van der Waals surface area contributed by atoms with Crippen molar-refractivity contribution in [2.45, 2.75) is 108 Å². The summed E-state index contributed by atoms with van der Waals surface area (Å²) in [5, 5.41) is 25.8. The predicted octanol–water partition coefficient (Wildman–Crippen LogP) is 6.85. The van der Waals surface area contributed by atoms with Crippen molar-refractivity contribution in [3.63, 3.8) is 0 Å². The Kier molecular flexibility index (Phi) is 7.27. The van der Waals surface area contributed by atoms with Crippen molar-refractivity contribution in [3.05, 3.63) is 65.8 Å². The average Bonchev–Trinajstić information content (AvgIpc) is 2.66. The molecule has 2 unspecified atom stereocenters. The number of Topliss-reactive ketones (excluding diaryl/α,β-unsaturated/α-hetero) is 2. The predicted molar refractivity (Wildman–Crippen MR) is 149 cm³/mol. The topological polar surface area (TPSA) is 120 Å². The van der Waals surface area contributed by atoms with Gasteiger partial charge in [-0.05, 0) is 24.7 Å². The van der Waals surface area contributed by atoms with Crippen LogP contribution in [0.2, 0.25) is 0 Å². The fraction of sp³-hybridized carbons (Fsp3) is 0.667. The molecule has 0 amide bonds. The molecule has 0 bridgehead atoms. The number of ketones is 2. The molecule has 0 N–H and O–H groups in total. The zero-order chi connectivity index (χ0) is 30.2. The van der Waals surface area contributed by atoms with E-state index in [0.717, 1.165) is 0 Å². The first-order chi connectivity index (χ1) is 16.7. The molecule has 0 aromatic rings. The summed E-state index contributed by atoms with van der Waals surface area (Å²) in [6.07, 6.45) is 2.89. The molecule has 0 radical (unpaired) electrons. The van der Waals surface area contributed by atoms with Crippen LogP contribution in [0.25, 0.3) is 0 Å². The molecule has 2 aliphatic rings. The van der Waals surface area contributed by atoms with E-state index in [1.165, 1.54) is 26.0 Å². The van der Waals surface area contributed by atoms with Gasteiger partial charge in [0.2, 0.25) is 0 Å². The Bertz CT molecular complexity index is 1150. The Balaban J connectivity index is 3.31. The largest absolute Gasteiger partial charge is 0.289 e. The Morgan fingerprint density at radius 3 is 0.974 bits per heavy atom. The summed E-state index contributed by atoms with van der Waals surface area (Å²) in [6.45, 7) is 24.2. The molecular formula is C30H44N2O6. The molecule has 0 aliphatic heterocycles. The molecule has 8 nitrogen and oxygen atoms in total. The minimum Gasteiger partial charge on any atom is -0.289 e. The van der Waals surface area contributed by atoms with Crippen molar-refractivity contribution in [2.75, 3.05) is 0 Å². The third-order valence-electron chi connectivity index (χ3n) is 8.27. The lowest BCUT2D eigenvalue weighted by molar-refractivity contribution is -0.563. The molecule has 2 aliphatic carbocycles. The van der Waals surface area contributed by atoms with Crippen molar-refractivity contribution in [1.82, 2.24) is 0 Å². The van der Waals surface area contributed by atoms with Gasteiger partial charge in [0, 0.05) is 66.3 Å². The van der Waals surface area contributed by atoms with Crippen LogP contribution < -0.4 is 0 Å². The smallest absolute Gasteiger partial charge is 0.267 e. The van der Waals surface area contributed by atoms with E-state index in [1.807, 2.05) is 0 Å². The molecule has 2 atom stereocenters. The number of hydrogen-bond donors (Lipinski definition) is 0. The SMILES string of the molecule is CC1=C(C2=C(C)C([N+](=O)[O-])(C(C)(C)C)C=C(C(C)(C)C)C2=O)C(=O)C(C(C)(C)C)=CC1([N+](=O)[O-])C(C)(C)C. The van der Waals surface area contributed by atoms with Gasteiger partial charge in [-0.3, -0.25) is 29.8 Å². The molecular weight excluding hydrogens is 484 g/mol. The monoisotopic (exact) mass is 528 g/mol. The highest BCUT2D eigenvalue weighted by atomic mass is 16.6. The highest BCUT2D eigenvalue weighted by Gasteiger charge is 2.62. The van der Waals surface area contributed by atoms with Gasteiger partial charge in [-0.25, -0.2) is 0 Å². The number of nitrogens with zero attached hydrogens (tertiary/aromatic N) is 2. The molecule has 2 rings (SSSR count). The van der Waals surface area contributed by atoms with Crippen LogP contribution in [0.1, 0.15) is 96.9 Å². The molecule has 0 saturated heterocycles. The van der Waals surface area contributed by atoms with Crippen LogP contribution in [0.3, 0.4) is 0 Å². The second-order valence-corrected chi connectivity index (χ2v) is 14.8. The molecule has 0 spiro atoms. The van der Waals surface area contributed by atoms with Crippen molar-refractivity contribution >= 4 is 11.6 Å². The fourth-order valence-corrected chi connectivity index (χ4v) is 5.96. The third-order valence-corrected chi connectivity index (χ3v) is 8.27. The van der Waals surface area contributed by atoms with E-state index in [9.17, 15) is 29.8 Å². The minimum atomic E-state index is -1.81. The number of rotatable bonds is 3. The van der Waals surface area contributed by atoms with Crippen molar-refractivity contribution in [1.29, 1.82) is 0 Å². The number of hydrogen-bond acceptors (Lipinski definition) is 6. The van der Waals surface area contributed by atoms with Gasteiger partial charge in [0.1, 0.15) is 0 Å². The summed E-state index contributed by atoms with van der Waals surface area (Å²) in [5.41, 5.74) is -6.65. The summed E-state index contributed by atoms with van der Waals surface area (Å²) in [4.78, 5) is 53.6. The van der Waals surface area contributed by atoms with E-state index in [-0.39, 0.29) is 33.4 Å². The maximum atomic E-state index is 14.3. The van der Waals surface area contributed by atoms with E-state index in [1.54, 1.807) is 83.1 Å². The number of carbonyl (C=O) groups is 2. The number of carbonyl (C=O) groups excluding carboxylic acids is 2. The molecule has 0 aromatic heterocycles. The van der Waals surface area contributed by atoms with Gasteiger partial charge < -0.3 is 0 Å². The van der Waals surface area contributed by atoms with Gasteiger partial charge in [0.05, 0.1) is 0 Å². The quantitative estimate of drug-likeness (QED) is 0.292. The summed E-state index contributed by atoms with van der Waals surface area (Å²) in [7, 11) is 0. The summed E-state index contributed by atoms with van der Waals surface area (Å²) in [6, 6.07) is 0. The van der Waals surface area contributed by atoms with Crippen LogP contribution in [0.5, 0.6) is 0 Å². The first-order valence-corrected chi connectivity index (χ1v) is 13.0. The van der Waals surface area contributed by atoms with Gasteiger partial charge in [-0.15, -0.1) is 0 Å². The molecule has 0 heterocycles. The number of nitro groups is 2. The van der Waals surface area contributed by atoms with E-state index < -0.39 is 54.2 Å². The molecule has 8 heteroatoms. The summed E-state index contributed by atoms with van der Waals surface area (Å²) < 4.78 is 0. The normalized spacial score (nSPS) is 25.9. The Labute approximate surface area is 226 Å². The maximum Gasteiger partial charge on any atom is 0.267 e. The van der Waals surface area contributed by atoms with Crippen molar-refractivity contribution < 1.29 is 19.4 Å². The second kappa shape index (κ2) is 8.82. The lowest BCUT2D eigenvalue weighted by Gasteiger charge is -2.44. The number of allylic oxidation sites excluding steroid dienone is 4. The Morgan fingerprint density at radius 1 is 0.579 bits per heavy atom. The molecule has 0 aromatic carbocycles. The van der Waals surface area contributed by atoms with Crippen LogP contribution in [0.4, 0.5) is 0 Å². The summed E-state index contributed by atoms with van der Waals surface area (Å²) >= 11 is 0. The van der Waals surface area contributed by atoms with E-state index in [2.05, 4.69) is 0 Å². The van der Waals surface area contributed by atoms with Crippen molar-refractivity contribution in [2.24, 2.45) is 21.7 Å². The second-order valence-electron chi connectivity index (χ2n) is 14.8. The van der Waals surface area contributed by atoms with Crippen LogP contribution in [-0.2, 0) is 9.59 Å². The van der Waals surface area contributed by atoms with Gasteiger partial charge in [0.15, 0.2) is 11.6 Å². The first kappa shape index (κ1) is 31.3. The Morgan fingerprint density at radius 2 is 0.816 bits per heavy atom. The lowest BCUT2D eigenvalue weighted by Crippen LogP contribution is -2.55. The lowest BCUT2D eigenvalue weighted by atomic mass is 9.57. The van der Waals surface area contributed by atoms with Crippen LogP contribution in [0.15, 0.2) is 45.6 Å². The standard InChI is InChI=1S/C30H44N2O6/c1-17-21(23(33)19(25(3,4)5)15-29(17,31(35)36)27(9,10)11)22-18(2)30(32(37)38,28(12,13)14)16-20(24(22)34)26(6,7)8/h15-16H,1-14H3. The van der Waals surface area contributed by atoms with E-state index in [4.69, 9.17) is 0 Å². The van der Waals surface area contributed by atoms with Crippen molar-refractivity contribution in [3.8, 4) is 0 Å². The molecule has 0 saturated carbocycles. The molecule has 0 fully saturated rings. The zero-order valence-electron chi connectivity index (χ0n) is 25.5. The highest BCUT2D eigenvalue weighted by molar-refractivity contribution is 6.25. The summed E-state index contributed by atoms with van der Waals surface area (Å²) in [5.74, 6) is -0.999. The maximum absolute atomic E-state index is 14.3. The van der Waals surface area contributed by atoms with Crippen LogP contribution in [0, 0.1) is 41.9 Å². The molecule has 38 heavy (non-hydrogen) atoms. The van der Waals surface area contributed by atoms with Gasteiger partial charge in [-0.1, -0.05) is 83.1 Å². The fourth-order valence-electron chi connectivity index (χ4n) is 5.96.